The van der Waals surface area contributed by atoms with Crippen molar-refractivity contribution in [3.63, 3.8) is 0 Å². The van der Waals surface area contributed by atoms with Crippen LogP contribution in [-0.4, -0.2) is 12.5 Å². The average Bonchev–Trinajstić information content (AvgIpc) is 2.71. The minimum Gasteiger partial charge on any atom is -0.312 e. The van der Waals surface area contributed by atoms with Gasteiger partial charge in [-0.05, 0) is 60.7 Å². The first kappa shape index (κ1) is 22.5. The summed E-state index contributed by atoms with van der Waals surface area (Å²) in [6, 6.07) is 18.0. The van der Waals surface area contributed by atoms with Crippen molar-refractivity contribution >= 4 is 11.6 Å². The highest BCUT2D eigenvalue weighted by Crippen LogP contribution is 2.32. The lowest BCUT2D eigenvalue weighted by Gasteiger charge is -2.24. The Kier molecular flexibility index (Phi) is 6.78. The molecule has 162 valence electrons. The first-order chi connectivity index (χ1) is 14.7. The van der Waals surface area contributed by atoms with Crippen LogP contribution < -0.4 is 4.90 Å². The number of hydrogen-bond acceptors (Lipinski definition) is 1. The second-order valence-corrected chi connectivity index (χ2v) is 7.50. The van der Waals surface area contributed by atoms with E-state index in [0.29, 0.717) is 5.69 Å². The summed E-state index contributed by atoms with van der Waals surface area (Å²) in [6.45, 7) is 3.94. The summed E-state index contributed by atoms with van der Waals surface area (Å²) >= 11 is 0. The number of alkyl halides is 3. The smallest absolute Gasteiger partial charge is 0.312 e. The Hall–Kier alpha value is -3.15. The highest BCUT2D eigenvalue weighted by Gasteiger charge is 2.34. The van der Waals surface area contributed by atoms with E-state index in [-0.39, 0.29) is 30.9 Å². The summed E-state index contributed by atoms with van der Waals surface area (Å²) in [4.78, 5) is 14.6. The Morgan fingerprint density at radius 1 is 0.903 bits per heavy atom. The van der Waals surface area contributed by atoms with E-state index in [9.17, 15) is 22.4 Å². The zero-order valence-electron chi connectivity index (χ0n) is 17.3. The van der Waals surface area contributed by atoms with Gasteiger partial charge in [0.25, 0.3) is 0 Å². The van der Waals surface area contributed by atoms with Crippen LogP contribution in [0.1, 0.15) is 27.8 Å². The zero-order chi connectivity index (χ0) is 22.6. The van der Waals surface area contributed by atoms with Crippen LogP contribution in [0.2, 0.25) is 0 Å². The fourth-order valence-electron chi connectivity index (χ4n) is 3.38. The zero-order valence-corrected chi connectivity index (χ0v) is 17.3. The number of hydrogen-bond donors (Lipinski definition) is 0. The Morgan fingerprint density at radius 3 is 2.26 bits per heavy atom. The number of carbonyl (C=O) groups is 1. The van der Waals surface area contributed by atoms with Crippen molar-refractivity contribution in [2.45, 2.75) is 32.9 Å². The van der Waals surface area contributed by atoms with Gasteiger partial charge in [0.1, 0.15) is 5.82 Å². The van der Waals surface area contributed by atoms with E-state index < -0.39 is 17.6 Å². The monoisotopic (exact) mass is 429 g/mol. The van der Waals surface area contributed by atoms with E-state index >= 15 is 0 Å². The molecule has 0 radical (unpaired) electrons. The molecule has 3 aromatic carbocycles. The van der Waals surface area contributed by atoms with Gasteiger partial charge in [0, 0.05) is 12.2 Å². The molecule has 0 spiro atoms. The van der Waals surface area contributed by atoms with Crippen molar-refractivity contribution in [2.75, 3.05) is 11.4 Å². The van der Waals surface area contributed by atoms with E-state index in [1.54, 1.807) is 6.07 Å². The second-order valence-electron chi connectivity index (χ2n) is 7.50. The summed E-state index contributed by atoms with van der Waals surface area (Å²) in [5.41, 5.74) is 2.14. The van der Waals surface area contributed by atoms with Crippen molar-refractivity contribution < 1.29 is 22.4 Å². The first-order valence-corrected chi connectivity index (χ1v) is 9.93. The molecule has 6 heteroatoms. The Morgan fingerprint density at radius 2 is 1.61 bits per heavy atom. The van der Waals surface area contributed by atoms with Gasteiger partial charge in [-0.15, -0.1) is 0 Å². The average molecular weight is 429 g/mol. The Labute approximate surface area is 179 Å². The van der Waals surface area contributed by atoms with E-state index in [0.717, 1.165) is 22.8 Å². The van der Waals surface area contributed by atoms with Gasteiger partial charge in [0.15, 0.2) is 0 Å². The number of halogens is 4. The minimum atomic E-state index is -4.77. The van der Waals surface area contributed by atoms with Crippen LogP contribution in [0, 0.1) is 19.7 Å². The highest BCUT2D eigenvalue weighted by molar-refractivity contribution is 5.95. The van der Waals surface area contributed by atoms with Crippen LogP contribution in [-0.2, 0) is 23.8 Å². The van der Waals surface area contributed by atoms with Gasteiger partial charge < -0.3 is 4.90 Å². The van der Waals surface area contributed by atoms with E-state index in [1.807, 2.05) is 56.3 Å². The predicted molar refractivity (Wildman–Crippen MR) is 114 cm³/mol. The maximum atomic E-state index is 14.5. The fourth-order valence-corrected chi connectivity index (χ4v) is 3.38. The van der Waals surface area contributed by atoms with Crippen LogP contribution in [0.3, 0.4) is 0 Å². The van der Waals surface area contributed by atoms with Crippen molar-refractivity contribution in [1.82, 2.24) is 0 Å². The van der Waals surface area contributed by atoms with Gasteiger partial charge in [-0.3, -0.25) is 4.79 Å². The number of aryl methyl sites for hydroxylation is 2. The van der Waals surface area contributed by atoms with Crippen molar-refractivity contribution in [3.8, 4) is 0 Å². The van der Waals surface area contributed by atoms with E-state index in [2.05, 4.69) is 0 Å². The summed E-state index contributed by atoms with van der Waals surface area (Å²) in [5.74, 6) is -1.49. The molecule has 1 amide bonds. The lowest BCUT2D eigenvalue weighted by atomic mass is 10.0. The van der Waals surface area contributed by atoms with Gasteiger partial charge in [0.2, 0.25) is 5.91 Å². The SMILES string of the molecule is Cc1ccc(N(CCc2cccc(C(F)(F)F)c2F)C(=O)Cc2ccccc2)cc1C. The van der Waals surface area contributed by atoms with Gasteiger partial charge in [-0.1, -0.05) is 48.5 Å². The molecule has 3 rings (SSSR count). The molecule has 0 aliphatic heterocycles. The largest absolute Gasteiger partial charge is 0.419 e. The molecule has 0 N–H and O–H groups in total. The van der Waals surface area contributed by atoms with Crippen molar-refractivity contribution in [1.29, 1.82) is 0 Å². The standard InChI is InChI=1S/C25H23F4NO/c1-17-11-12-21(15-18(17)2)30(23(31)16-19-7-4-3-5-8-19)14-13-20-9-6-10-22(24(20)26)25(27,28)29/h3-12,15H,13-14,16H2,1-2H3. The number of anilines is 1. The van der Waals surface area contributed by atoms with Crippen LogP contribution in [0.25, 0.3) is 0 Å². The Bertz CT molecular complexity index is 1060. The molecule has 0 saturated carbocycles. The van der Waals surface area contributed by atoms with E-state index in [1.165, 1.54) is 17.0 Å². The predicted octanol–water partition coefficient (Wildman–Crippen LogP) is 6.28. The van der Waals surface area contributed by atoms with Gasteiger partial charge in [-0.2, -0.15) is 13.2 Å². The van der Waals surface area contributed by atoms with Gasteiger partial charge in [-0.25, -0.2) is 4.39 Å². The highest BCUT2D eigenvalue weighted by atomic mass is 19.4. The molecule has 2 nitrogen and oxygen atoms in total. The molecule has 0 bridgehead atoms. The quantitative estimate of drug-likeness (QED) is 0.422. The number of amides is 1. The lowest BCUT2D eigenvalue weighted by molar-refractivity contribution is -0.140. The molecule has 0 aromatic heterocycles. The normalized spacial score (nSPS) is 11.4. The summed E-state index contributed by atoms with van der Waals surface area (Å²) in [6.07, 6.45) is -4.67. The molecule has 0 fully saturated rings. The number of benzene rings is 3. The topological polar surface area (TPSA) is 20.3 Å². The molecular weight excluding hydrogens is 406 g/mol. The third-order valence-electron chi connectivity index (χ3n) is 5.29. The first-order valence-electron chi connectivity index (χ1n) is 9.93. The molecule has 31 heavy (non-hydrogen) atoms. The second kappa shape index (κ2) is 9.33. The maximum Gasteiger partial charge on any atom is 0.419 e. The van der Waals surface area contributed by atoms with Crippen LogP contribution in [0.15, 0.2) is 66.7 Å². The number of carbonyl (C=O) groups excluding carboxylic acids is 1. The molecule has 0 unspecified atom stereocenters. The number of rotatable bonds is 6. The summed E-state index contributed by atoms with van der Waals surface area (Å²) < 4.78 is 53.6. The molecule has 0 atom stereocenters. The molecular formula is C25H23F4NO. The van der Waals surface area contributed by atoms with Crippen LogP contribution in [0.5, 0.6) is 0 Å². The molecule has 0 heterocycles. The van der Waals surface area contributed by atoms with Crippen molar-refractivity contribution in [3.05, 3.63) is 100 Å². The van der Waals surface area contributed by atoms with Gasteiger partial charge in [0.05, 0.1) is 12.0 Å². The third-order valence-corrected chi connectivity index (χ3v) is 5.29. The van der Waals surface area contributed by atoms with Gasteiger partial charge >= 0.3 is 6.18 Å². The minimum absolute atomic E-state index is 0.0385. The molecule has 0 saturated heterocycles. The number of nitrogens with zero attached hydrogens (tertiary/aromatic N) is 1. The van der Waals surface area contributed by atoms with Crippen molar-refractivity contribution in [2.24, 2.45) is 0 Å². The third kappa shape index (κ3) is 5.51. The van der Waals surface area contributed by atoms with Crippen LogP contribution in [0.4, 0.5) is 23.2 Å². The molecule has 0 aliphatic carbocycles. The van der Waals surface area contributed by atoms with E-state index in [4.69, 9.17) is 0 Å². The maximum absolute atomic E-state index is 14.5. The van der Waals surface area contributed by atoms with Crippen LogP contribution >= 0.6 is 0 Å². The molecule has 0 aliphatic rings. The Balaban J connectivity index is 1.88. The molecule has 3 aromatic rings. The summed E-state index contributed by atoms with van der Waals surface area (Å²) in [5, 5.41) is 0. The lowest BCUT2D eigenvalue weighted by Crippen LogP contribution is -2.34. The summed E-state index contributed by atoms with van der Waals surface area (Å²) in [7, 11) is 0. The fraction of sp³-hybridized carbons (Fsp3) is 0.240.